The molecule has 0 radical (unpaired) electrons. The van der Waals surface area contributed by atoms with Crippen LogP contribution < -0.4 is 11.1 Å². The molecular weight excluding hydrogens is 269 g/mol. The molecule has 0 unspecified atom stereocenters. The van der Waals surface area contributed by atoms with Crippen LogP contribution >= 0.6 is 12.4 Å². The predicted octanol–water partition coefficient (Wildman–Crippen LogP) is 1.66. The van der Waals surface area contributed by atoms with Crippen LogP contribution in [0.2, 0.25) is 0 Å². The minimum absolute atomic E-state index is 0. The van der Waals surface area contributed by atoms with Crippen molar-refractivity contribution in [3.05, 3.63) is 35.9 Å². The van der Waals surface area contributed by atoms with Crippen molar-refractivity contribution in [2.24, 2.45) is 5.73 Å². The van der Waals surface area contributed by atoms with Crippen LogP contribution in [0.1, 0.15) is 5.56 Å². The van der Waals surface area contributed by atoms with Crippen LogP contribution in [0.4, 0.5) is 13.2 Å². The summed E-state index contributed by atoms with van der Waals surface area (Å²) in [6.07, 6.45) is -4.20. The van der Waals surface area contributed by atoms with Crippen LogP contribution in [-0.4, -0.2) is 24.7 Å². The monoisotopic (exact) mass is 282 g/mol. The highest BCUT2D eigenvalue weighted by Crippen LogP contribution is 2.12. The minimum Gasteiger partial charge on any atom is -0.346 e. The summed E-state index contributed by atoms with van der Waals surface area (Å²) < 4.78 is 35.6. The largest absolute Gasteiger partial charge is 0.405 e. The van der Waals surface area contributed by atoms with Crippen molar-refractivity contribution >= 4 is 18.3 Å². The number of amides is 1. The maximum absolute atomic E-state index is 11.9. The van der Waals surface area contributed by atoms with Crippen LogP contribution in [0.3, 0.4) is 0 Å². The van der Waals surface area contributed by atoms with Gasteiger partial charge < -0.3 is 11.1 Å². The second kappa shape index (κ2) is 7.23. The lowest BCUT2D eigenvalue weighted by Crippen LogP contribution is -2.45. The summed E-state index contributed by atoms with van der Waals surface area (Å²) >= 11 is 0. The van der Waals surface area contributed by atoms with E-state index in [9.17, 15) is 18.0 Å². The quantitative estimate of drug-likeness (QED) is 0.882. The van der Waals surface area contributed by atoms with Crippen molar-refractivity contribution in [1.82, 2.24) is 5.32 Å². The maximum Gasteiger partial charge on any atom is 0.405 e. The molecule has 1 rings (SSSR count). The van der Waals surface area contributed by atoms with Gasteiger partial charge in [0.1, 0.15) is 6.54 Å². The molecule has 0 aliphatic rings. The van der Waals surface area contributed by atoms with Gasteiger partial charge in [0.05, 0.1) is 6.04 Å². The number of benzene rings is 1. The van der Waals surface area contributed by atoms with Crippen LogP contribution in [0.15, 0.2) is 30.3 Å². The summed E-state index contributed by atoms with van der Waals surface area (Å²) in [6.45, 7) is -1.35. The molecule has 1 aromatic rings. The number of nitrogens with one attached hydrogen (secondary N) is 1. The molecule has 18 heavy (non-hydrogen) atoms. The fourth-order valence-corrected chi connectivity index (χ4v) is 1.28. The molecule has 0 saturated heterocycles. The van der Waals surface area contributed by atoms with Crippen molar-refractivity contribution < 1.29 is 18.0 Å². The second-order valence-corrected chi connectivity index (χ2v) is 3.63. The highest BCUT2D eigenvalue weighted by atomic mass is 35.5. The summed E-state index contributed by atoms with van der Waals surface area (Å²) in [7, 11) is 0. The maximum atomic E-state index is 11.9. The number of rotatable bonds is 4. The van der Waals surface area contributed by atoms with E-state index in [-0.39, 0.29) is 18.8 Å². The fraction of sp³-hybridized carbons (Fsp3) is 0.364. The average Bonchev–Trinajstić information content (AvgIpc) is 2.26. The zero-order chi connectivity index (χ0) is 12.9. The Kier molecular flexibility index (Phi) is 6.72. The van der Waals surface area contributed by atoms with E-state index in [2.05, 4.69) is 0 Å². The summed E-state index contributed by atoms with van der Waals surface area (Å²) in [5.41, 5.74) is 6.31. The number of carbonyl (C=O) groups is 1. The van der Waals surface area contributed by atoms with Crippen molar-refractivity contribution in [1.29, 1.82) is 0 Å². The molecule has 0 saturated carbocycles. The van der Waals surface area contributed by atoms with Gasteiger partial charge in [0.2, 0.25) is 5.91 Å². The number of nitrogens with two attached hydrogens (primary N) is 1. The molecule has 1 aromatic carbocycles. The summed E-state index contributed by atoms with van der Waals surface area (Å²) in [5.74, 6) is -0.800. The molecule has 0 aliphatic carbocycles. The third-order valence-electron chi connectivity index (χ3n) is 2.10. The van der Waals surface area contributed by atoms with Gasteiger partial charge in [-0.2, -0.15) is 13.2 Å². The molecule has 1 atom stereocenters. The van der Waals surface area contributed by atoms with E-state index < -0.39 is 24.7 Å². The van der Waals surface area contributed by atoms with Crippen molar-refractivity contribution in [3.63, 3.8) is 0 Å². The van der Waals surface area contributed by atoms with Gasteiger partial charge in [-0.25, -0.2) is 0 Å². The van der Waals surface area contributed by atoms with E-state index in [4.69, 9.17) is 5.73 Å². The van der Waals surface area contributed by atoms with Gasteiger partial charge in [0.15, 0.2) is 0 Å². The van der Waals surface area contributed by atoms with Crippen molar-refractivity contribution in [2.75, 3.05) is 6.54 Å². The lowest BCUT2D eigenvalue weighted by atomic mass is 10.1. The van der Waals surface area contributed by atoms with Gasteiger partial charge in [-0.05, 0) is 12.0 Å². The standard InChI is InChI=1S/C11H13F3N2O.ClH/c12-11(13,14)7-16-10(17)9(15)6-8-4-2-1-3-5-8;/h1-5,9H,6-7,15H2,(H,16,17);1H/t9-;/m0./s1. The second-order valence-electron chi connectivity index (χ2n) is 3.63. The van der Waals surface area contributed by atoms with Crippen LogP contribution in [0, 0.1) is 0 Å². The first kappa shape index (κ1) is 16.7. The van der Waals surface area contributed by atoms with Gasteiger partial charge in [-0.15, -0.1) is 12.4 Å². The molecule has 1 amide bonds. The number of halogens is 4. The Hall–Kier alpha value is -1.27. The third kappa shape index (κ3) is 6.46. The van der Waals surface area contributed by atoms with E-state index in [1.54, 1.807) is 35.6 Å². The summed E-state index contributed by atoms with van der Waals surface area (Å²) in [6, 6.07) is 7.90. The van der Waals surface area contributed by atoms with Gasteiger partial charge in [0, 0.05) is 0 Å². The number of hydrogen-bond donors (Lipinski definition) is 2. The first-order chi connectivity index (χ1) is 7.88. The van der Waals surface area contributed by atoms with Gasteiger partial charge in [-0.3, -0.25) is 4.79 Å². The van der Waals surface area contributed by atoms with E-state index in [0.29, 0.717) is 0 Å². The van der Waals surface area contributed by atoms with Gasteiger partial charge in [-0.1, -0.05) is 30.3 Å². The smallest absolute Gasteiger partial charge is 0.346 e. The Morgan fingerprint density at radius 2 is 1.83 bits per heavy atom. The van der Waals surface area contributed by atoms with Gasteiger partial charge >= 0.3 is 6.18 Å². The van der Waals surface area contributed by atoms with E-state index in [1.165, 1.54) is 0 Å². The molecule has 7 heteroatoms. The Morgan fingerprint density at radius 1 is 1.28 bits per heavy atom. The van der Waals surface area contributed by atoms with Crippen LogP contribution in [-0.2, 0) is 11.2 Å². The molecule has 0 heterocycles. The van der Waals surface area contributed by atoms with Crippen LogP contribution in [0.25, 0.3) is 0 Å². The molecule has 3 nitrogen and oxygen atoms in total. The first-order valence-corrected chi connectivity index (χ1v) is 5.02. The fourth-order valence-electron chi connectivity index (χ4n) is 1.28. The zero-order valence-corrected chi connectivity index (χ0v) is 10.2. The zero-order valence-electron chi connectivity index (χ0n) is 9.41. The lowest BCUT2D eigenvalue weighted by molar-refractivity contribution is -0.139. The first-order valence-electron chi connectivity index (χ1n) is 5.02. The number of alkyl halides is 3. The van der Waals surface area contributed by atoms with Crippen LogP contribution in [0.5, 0.6) is 0 Å². The molecule has 3 N–H and O–H groups in total. The Bertz CT molecular complexity index is 370. The molecule has 0 aliphatic heterocycles. The molecule has 102 valence electrons. The molecule has 0 bridgehead atoms. The Balaban J connectivity index is 0.00000289. The summed E-state index contributed by atoms with van der Waals surface area (Å²) in [4.78, 5) is 11.3. The Labute approximate surface area is 109 Å². The molecular formula is C11H14ClF3N2O. The molecule has 0 aromatic heterocycles. The van der Waals surface area contributed by atoms with E-state index >= 15 is 0 Å². The topological polar surface area (TPSA) is 55.1 Å². The Morgan fingerprint density at radius 3 is 2.33 bits per heavy atom. The van der Waals surface area contributed by atoms with Crippen molar-refractivity contribution in [3.8, 4) is 0 Å². The lowest BCUT2D eigenvalue weighted by Gasteiger charge is -2.13. The highest BCUT2D eigenvalue weighted by Gasteiger charge is 2.28. The normalized spacial score (nSPS) is 12.4. The van der Waals surface area contributed by atoms with E-state index in [0.717, 1.165) is 5.56 Å². The van der Waals surface area contributed by atoms with Gasteiger partial charge in [0.25, 0.3) is 0 Å². The number of carbonyl (C=O) groups excluding carboxylic acids is 1. The highest BCUT2D eigenvalue weighted by molar-refractivity contribution is 5.85. The summed E-state index contributed by atoms with van der Waals surface area (Å²) in [5, 5.41) is 1.75. The predicted molar refractivity (Wildman–Crippen MR) is 64.4 cm³/mol. The third-order valence-corrected chi connectivity index (χ3v) is 2.10. The molecule has 0 fully saturated rings. The van der Waals surface area contributed by atoms with Crippen molar-refractivity contribution in [2.45, 2.75) is 18.6 Å². The average molecular weight is 283 g/mol. The SMILES string of the molecule is Cl.N[C@@H](Cc1ccccc1)C(=O)NCC(F)(F)F. The minimum atomic E-state index is -4.41. The molecule has 0 spiro atoms. The number of hydrogen-bond acceptors (Lipinski definition) is 2. The van der Waals surface area contributed by atoms with E-state index in [1.807, 2.05) is 0 Å².